The summed E-state index contributed by atoms with van der Waals surface area (Å²) in [5, 5.41) is 3.52. The number of carbonyl (C=O) groups excluding carboxylic acids is 1. The van der Waals surface area contributed by atoms with Crippen molar-refractivity contribution in [2.75, 3.05) is 39.3 Å². The van der Waals surface area contributed by atoms with Crippen molar-refractivity contribution in [3.8, 4) is 0 Å². The van der Waals surface area contributed by atoms with E-state index in [1.165, 1.54) is 71.0 Å². The van der Waals surface area contributed by atoms with Crippen molar-refractivity contribution >= 4 is 6.09 Å². The van der Waals surface area contributed by atoms with Crippen molar-refractivity contribution < 1.29 is 9.53 Å². The van der Waals surface area contributed by atoms with E-state index in [2.05, 4.69) is 10.2 Å². The van der Waals surface area contributed by atoms with Crippen molar-refractivity contribution in [3.63, 3.8) is 0 Å². The Morgan fingerprint density at radius 2 is 1.96 bits per heavy atom. The summed E-state index contributed by atoms with van der Waals surface area (Å²) in [6.07, 6.45) is 10.6. The predicted octanol–water partition coefficient (Wildman–Crippen LogP) is 2.85. The van der Waals surface area contributed by atoms with Gasteiger partial charge in [-0.05, 0) is 82.8 Å². The second-order valence-corrected chi connectivity index (χ2v) is 8.82. The molecule has 0 aromatic carbocycles. The van der Waals surface area contributed by atoms with Gasteiger partial charge in [0.25, 0.3) is 0 Å². The van der Waals surface area contributed by atoms with Crippen molar-refractivity contribution in [1.29, 1.82) is 0 Å². The van der Waals surface area contributed by atoms with Crippen LogP contribution in [0, 0.1) is 11.3 Å². The van der Waals surface area contributed by atoms with E-state index in [0.29, 0.717) is 12.0 Å². The molecule has 1 atom stereocenters. The molecule has 1 unspecified atom stereocenters. The molecule has 142 valence electrons. The van der Waals surface area contributed by atoms with Gasteiger partial charge < -0.3 is 15.0 Å². The van der Waals surface area contributed by atoms with Crippen LogP contribution < -0.4 is 5.32 Å². The van der Waals surface area contributed by atoms with E-state index in [1.807, 2.05) is 11.8 Å². The summed E-state index contributed by atoms with van der Waals surface area (Å²) in [6.45, 7) is 7.90. The van der Waals surface area contributed by atoms with Crippen molar-refractivity contribution in [2.24, 2.45) is 11.3 Å². The van der Waals surface area contributed by atoms with Gasteiger partial charge in [-0.3, -0.25) is 4.90 Å². The Kier molecular flexibility index (Phi) is 5.23. The fraction of sp³-hybridized carbons (Fsp3) is 0.950. The maximum absolute atomic E-state index is 12.0. The number of likely N-dealkylation sites (tertiary alicyclic amines) is 2. The molecule has 5 nitrogen and oxygen atoms in total. The van der Waals surface area contributed by atoms with Gasteiger partial charge in [-0.1, -0.05) is 6.42 Å². The van der Waals surface area contributed by atoms with Crippen LogP contribution in [-0.4, -0.2) is 67.3 Å². The second-order valence-electron chi connectivity index (χ2n) is 8.82. The molecule has 3 heterocycles. The fourth-order valence-electron chi connectivity index (χ4n) is 5.98. The molecular formula is C20H35N3O2. The van der Waals surface area contributed by atoms with Crippen LogP contribution in [0.25, 0.3) is 0 Å². The van der Waals surface area contributed by atoms with Gasteiger partial charge >= 0.3 is 6.09 Å². The largest absolute Gasteiger partial charge is 0.450 e. The molecule has 3 aliphatic heterocycles. The lowest BCUT2D eigenvalue weighted by Crippen LogP contribution is -2.58. The minimum Gasteiger partial charge on any atom is -0.450 e. The molecule has 4 rings (SSSR count). The van der Waals surface area contributed by atoms with Crippen LogP contribution in [0.1, 0.15) is 58.3 Å². The van der Waals surface area contributed by atoms with Gasteiger partial charge in [0.15, 0.2) is 0 Å². The van der Waals surface area contributed by atoms with E-state index < -0.39 is 0 Å². The number of amides is 1. The Balaban J connectivity index is 1.33. The molecule has 3 saturated heterocycles. The molecule has 0 radical (unpaired) electrons. The predicted molar refractivity (Wildman–Crippen MR) is 98.6 cm³/mol. The van der Waals surface area contributed by atoms with Gasteiger partial charge in [0.1, 0.15) is 0 Å². The van der Waals surface area contributed by atoms with Crippen LogP contribution >= 0.6 is 0 Å². The highest BCUT2D eigenvalue weighted by molar-refractivity contribution is 5.68. The minimum absolute atomic E-state index is 0.103. The Hall–Kier alpha value is -0.810. The summed E-state index contributed by atoms with van der Waals surface area (Å²) in [6, 6.07) is 1.59. The normalized spacial score (nSPS) is 37.2. The topological polar surface area (TPSA) is 44.8 Å². The van der Waals surface area contributed by atoms with E-state index in [4.69, 9.17) is 4.74 Å². The molecule has 1 saturated carbocycles. The maximum Gasteiger partial charge on any atom is 0.409 e. The lowest BCUT2D eigenvalue weighted by atomic mass is 9.63. The van der Waals surface area contributed by atoms with Crippen LogP contribution in [0.4, 0.5) is 4.79 Å². The zero-order valence-electron chi connectivity index (χ0n) is 15.8. The molecular weight excluding hydrogens is 314 g/mol. The standard InChI is InChI=1S/C20H35N3O2/c1-2-25-19(24)22-12-8-20(15-22)13-17(14-20)23-11-4-3-5-18(23)16-6-9-21-10-7-16/h16-18,21H,2-15H2,1H3. The Labute approximate surface area is 152 Å². The summed E-state index contributed by atoms with van der Waals surface area (Å²) < 4.78 is 5.20. The number of carbonyl (C=O) groups is 1. The Morgan fingerprint density at radius 1 is 1.16 bits per heavy atom. The van der Waals surface area contributed by atoms with Crippen molar-refractivity contribution in [3.05, 3.63) is 0 Å². The molecule has 4 aliphatic rings. The molecule has 4 fully saturated rings. The average molecular weight is 350 g/mol. The highest BCUT2D eigenvalue weighted by Crippen LogP contribution is 2.51. The summed E-state index contributed by atoms with van der Waals surface area (Å²) in [5.41, 5.74) is 0.396. The summed E-state index contributed by atoms with van der Waals surface area (Å²) >= 11 is 0. The highest BCUT2D eigenvalue weighted by Gasteiger charge is 2.52. The van der Waals surface area contributed by atoms with Crippen LogP contribution in [0.2, 0.25) is 0 Å². The van der Waals surface area contributed by atoms with Crippen LogP contribution in [-0.2, 0) is 4.74 Å². The minimum atomic E-state index is -0.103. The van der Waals surface area contributed by atoms with Crippen LogP contribution in [0.15, 0.2) is 0 Å². The quantitative estimate of drug-likeness (QED) is 0.851. The number of nitrogens with zero attached hydrogens (tertiary/aromatic N) is 2. The summed E-state index contributed by atoms with van der Waals surface area (Å²) in [5.74, 6) is 0.901. The third kappa shape index (κ3) is 3.55. The first-order chi connectivity index (χ1) is 12.2. The zero-order valence-corrected chi connectivity index (χ0v) is 15.8. The lowest BCUT2D eigenvalue weighted by Gasteiger charge is -2.55. The average Bonchev–Trinajstić information content (AvgIpc) is 3.07. The molecule has 25 heavy (non-hydrogen) atoms. The van der Waals surface area contributed by atoms with E-state index >= 15 is 0 Å². The van der Waals surface area contributed by atoms with E-state index in [9.17, 15) is 4.79 Å². The molecule has 5 heteroatoms. The van der Waals surface area contributed by atoms with Gasteiger partial charge in [0.05, 0.1) is 6.61 Å². The maximum atomic E-state index is 12.0. The first-order valence-electron chi connectivity index (χ1n) is 10.6. The number of ether oxygens (including phenoxy) is 1. The second kappa shape index (κ2) is 7.43. The number of nitrogens with one attached hydrogen (secondary N) is 1. The van der Waals surface area contributed by atoms with Gasteiger partial charge in [0.2, 0.25) is 0 Å². The molecule has 0 bridgehead atoms. The van der Waals surface area contributed by atoms with Crippen LogP contribution in [0.3, 0.4) is 0 Å². The molecule has 1 N–H and O–H groups in total. The van der Waals surface area contributed by atoms with Crippen molar-refractivity contribution in [2.45, 2.75) is 70.4 Å². The van der Waals surface area contributed by atoms with E-state index in [1.54, 1.807) is 0 Å². The number of rotatable bonds is 3. The number of piperidine rings is 2. The Bertz CT molecular complexity index is 472. The first kappa shape index (κ1) is 17.6. The highest BCUT2D eigenvalue weighted by atomic mass is 16.6. The number of hydrogen-bond donors (Lipinski definition) is 1. The molecule has 1 amide bonds. The van der Waals surface area contributed by atoms with E-state index in [-0.39, 0.29) is 6.09 Å². The lowest BCUT2D eigenvalue weighted by molar-refractivity contribution is -0.0468. The summed E-state index contributed by atoms with van der Waals surface area (Å²) in [4.78, 5) is 16.8. The van der Waals surface area contributed by atoms with E-state index in [0.717, 1.165) is 31.1 Å². The zero-order chi connectivity index (χ0) is 17.3. The molecule has 0 aromatic heterocycles. The fourth-order valence-corrected chi connectivity index (χ4v) is 5.98. The van der Waals surface area contributed by atoms with Gasteiger partial charge in [-0.2, -0.15) is 0 Å². The SMILES string of the molecule is CCOC(=O)N1CCC2(CC(N3CCCCC3C3CCNCC3)C2)C1. The van der Waals surface area contributed by atoms with Gasteiger partial charge in [-0.25, -0.2) is 4.79 Å². The third-order valence-corrected chi connectivity index (χ3v) is 7.29. The molecule has 0 aromatic rings. The van der Waals surface area contributed by atoms with Crippen LogP contribution in [0.5, 0.6) is 0 Å². The number of hydrogen-bond acceptors (Lipinski definition) is 4. The van der Waals surface area contributed by atoms with Gasteiger partial charge in [0, 0.05) is 25.2 Å². The summed E-state index contributed by atoms with van der Waals surface area (Å²) in [7, 11) is 0. The monoisotopic (exact) mass is 349 g/mol. The van der Waals surface area contributed by atoms with Gasteiger partial charge in [-0.15, -0.1) is 0 Å². The Morgan fingerprint density at radius 3 is 2.72 bits per heavy atom. The van der Waals surface area contributed by atoms with Crippen molar-refractivity contribution in [1.82, 2.24) is 15.1 Å². The molecule has 1 aliphatic carbocycles. The third-order valence-electron chi connectivity index (χ3n) is 7.29. The molecule has 1 spiro atoms. The first-order valence-corrected chi connectivity index (χ1v) is 10.6. The smallest absolute Gasteiger partial charge is 0.409 e.